The van der Waals surface area contributed by atoms with Gasteiger partial charge in [-0.3, -0.25) is 10.9 Å². The molecular weight excluding hydrogens is 150 g/mol. The van der Waals surface area contributed by atoms with Gasteiger partial charge in [-0.15, -0.1) is 6.58 Å². The summed E-state index contributed by atoms with van der Waals surface area (Å²) in [6.07, 6.45) is 5.47. The van der Waals surface area contributed by atoms with Gasteiger partial charge in [0.2, 0.25) is 0 Å². The number of rotatable bonds is 5. The van der Waals surface area contributed by atoms with Crippen LogP contribution in [0.15, 0.2) is 12.7 Å². The van der Waals surface area contributed by atoms with Crippen molar-refractivity contribution in [1.82, 2.24) is 10.9 Å². The van der Waals surface area contributed by atoms with Crippen LogP contribution >= 0.6 is 0 Å². The summed E-state index contributed by atoms with van der Waals surface area (Å²) in [6.45, 7) is 5.47. The van der Waals surface area contributed by atoms with E-state index in [1.807, 2.05) is 6.08 Å². The molecule has 3 heteroatoms. The van der Waals surface area contributed by atoms with Crippen molar-refractivity contribution in [2.24, 2.45) is 11.7 Å². The Morgan fingerprint density at radius 1 is 1.42 bits per heavy atom. The molecule has 0 spiro atoms. The van der Waals surface area contributed by atoms with Crippen LogP contribution in [0.25, 0.3) is 0 Å². The molecule has 0 saturated heterocycles. The number of nitrogens with one attached hydrogen (secondary N) is 2. The van der Waals surface area contributed by atoms with Gasteiger partial charge in [0.25, 0.3) is 0 Å². The van der Waals surface area contributed by atoms with Crippen LogP contribution in [-0.4, -0.2) is 19.1 Å². The third kappa shape index (κ3) is 3.34. The van der Waals surface area contributed by atoms with Gasteiger partial charge in [0, 0.05) is 19.1 Å². The normalized spacial score (nSPS) is 29.1. The molecule has 70 valence electrons. The van der Waals surface area contributed by atoms with E-state index in [-0.39, 0.29) is 0 Å². The van der Waals surface area contributed by atoms with Crippen LogP contribution in [-0.2, 0) is 0 Å². The maximum atomic E-state index is 5.79. The first-order valence-electron chi connectivity index (χ1n) is 4.65. The maximum Gasteiger partial charge on any atom is 0.0278 e. The molecule has 2 atom stereocenters. The highest BCUT2D eigenvalue weighted by atomic mass is 15.3. The van der Waals surface area contributed by atoms with Gasteiger partial charge in [-0.1, -0.05) is 6.08 Å². The Bertz CT molecular complexity index is 136. The molecule has 0 aromatic carbocycles. The first-order chi connectivity index (χ1) is 5.83. The molecule has 0 aromatic rings. The molecule has 0 aromatic heterocycles. The highest BCUT2D eigenvalue weighted by Gasteiger charge is 2.20. The number of hydrogen-bond acceptors (Lipinski definition) is 3. The van der Waals surface area contributed by atoms with E-state index in [1.54, 1.807) is 0 Å². The molecule has 0 radical (unpaired) electrons. The first kappa shape index (κ1) is 9.71. The van der Waals surface area contributed by atoms with Crippen molar-refractivity contribution in [3.63, 3.8) is 0 Å². The van der Waals surface area contributed by atoms with E-state index >= 15 is 0 Å². The number of nitrogens with two attached hydrogens (primary N) is 1. The lowest BCUT2D eigenvalue weighted by Gasteiger charge is -2.10. The van der Waals surface area contributed by atoms with Gasteiger partial charge in [-0.2, -0.15) is 0 Å². The summed E-state index contributed by atoms with van der Waals surface area (Å²) < 4.78 is 0. The third-order valence-electron chi connectivity index (χ3n) is 2.34. The van der Waals surface area contributed by atoms with E-state index in [2.05, 4.69) is 17.4 Å². The largest absolute Gasteiger partial charge is 0.328 e. The summed E-state index contributed by atoms with van der Waals surface area (Å²) in [5.41, 5.74) is 12.0. The fraction of sp³-hybridized carbons (Fsp3) is 0.778. The molecule has 1 aliphatic rings. The minimum Gasteiger partial charge on any atom is -0.328 e. The fourth-order valence-corrected chi connectivity index (χ4v) is 1.66. The van der Waals surface area contributed by atoms with E-state index in [9.17, 15) is 0 Å². The summed E-state index contributed by atoms with van der Waals surface area (Å²) in [6, 6.07) is 0.441. The van der Waals surface area contributed by atoms with Crippen LogP contribution < -0.4 is 16.6 Å². The minimum absolute atomic E-state index is 0.441. The Kier molecular flexibility index (Phi) is 4.29. The van der Waals surface area contributed by atoms with Crippen LogP contribution in [0.3, 0.4) is 0 Å². The average molecular weight is 169 g/mol. The van der Waals surface area contributed by atoms with E-state index in [0.29, 0.717) is 6.04 Å². The van der Waals surface area contributed by atoms with Crippen molar-refractivity contribution in [2.75, 3.05) is 13.1 Å². The lowest BCUT2D eigenvalue weighted by atomic mass is 10.1. The molecule has 1 aliphatic carbocycles. The second-order valence-corrected chi connectivity index (χ2v) is 3.49. The van der Waals surface area contributed by atoms with Gasteiger partial charge >= 0.3 is 0 Å². The molecule has 1 saturated carbocycles. The summed E-state index contributed by atoms with van der Waals surface area (Å²) >= 11 is 0. The second-order valence-electron chi connectivity index (χ2n) is 3.49. The molecule has 2 unspecified atom stereocenters. The summed E-state index contributed by atoms with van der Waals surface area (Å²) in [5, 5.41) is 0. The van der Waals surface area contributed by atoms with Crippen LogP contribution in [0, 0.1) is 5.92 Å². The van der Waals surface area contributed by atoms with E-state index in [1.165, 1.54) is 19.3 Å². The Hall–Kier alpha value is -0.380. The van der Waals surface area contributed by atoms with Gasteiger partial charge in [0.15, 0.2) is 0 Å². The molecule has 3 nitrogen and oxygen atoms in total. The lowest BCUT2D eigenvalue weighted by Crippen LogP contribution is -2.35. The average Bonchev–Trinajstić information content (AvgIpc) is 2.45. The van der Waals surface area contributed by atoms with Gasteiger partial charge in [0.1, 0.15) is 0 Å². The maximum absolute atomic E-state index is 5.79. The standard InChI is InChI=1S/C9H19N3/c1-2-5-11-12-7-8-3-4-9(10)6-8/h2,8-9,11-12H,1,3-7,10H2. The minimum atomic E-state index is 0.441. The molecule has 0 amide bonds. The second kappa shape index (κ2) is 5.30. The monoisotopic (exact) mass is 169 g/mol. The zero-order valence-corrected chi connectivity index (χ0v) is 7.55. The van der Waals surface area contributed by atoms with Crippen molar-refractivity contribution >= 4 is 0 Å². The smallest absolute Gasteiger partial charge is 0.0278 e. The molecule has 12 heavy (non-hydrogen) atoms. The molecule has 0 aliphatic heterocycles. The highest BCUT2D eigenvalue weighted by Crippen LogP contribution is 2.22. The van der Waals surface area contributed by atoms with Crippen molar-refractivity contribution < 1.29 is 0 Å². The van der Waals surface area contributed by atoms with Crippen molar-refractivity contribution in [2.45, 2.75) is 25.3 Å². The molecule has 0 bridgehead atoms. The summed E-state index contributed by atoms with van der Waals surface area (Å²) in [7, 11) is 0. The number of hydrogen-bond donors (Lipinski definition) is 3. The van der Waals surface area contributed by atoms with E-state index in [4.69, 9.17) is 5.73 Å². The summed E-state index contributed by atoms with van der Waals surface area (Å²) in [5.74, 6) is 0.761. The quantitative estimate of drug-likeness (QED) is 0.317. The molecule has 0 heterocycles. The zero-order chi connectivity index (χ0) is 8.81. The van der Waals surface area contributed by atoms with Gasteiger partial charge < -0.3 is 5.73 Å². The summed E-state index contributed by atoms with van der Waals surface area (Å²) in [4.78, 5) is 0. The SMILES string of the molecule is C=CCNNCC1CCC(N)C1. The Labute approximate surface area is 74.4 Å². The van der Waals surface area contributed by atoms with Crippen LogP contribution in [0.1, 0.15) is 19.3 Å². The predicted octanol–water partition coefficient (Wildman–Crippen LogP) is 0.394. The Balaban J connectivity index is 1.96. The van der Waals surface area contributed by atoms with Crippen LogP contribution in [0.4, 0.5) is 0 Å². The Morgan fingerprint density at radius 2 is 2.25 bits per heavy atom. The Morgan fingerprint density at radius 3 is 2.83 bits per heavy atom. The topological polar surface area (TPSA) is 50.1 Å². The molecule has 1 rings (SSSR count). The van der Waals surface area contributed by atoms with Gasteiger partial charge in [-0.25, -0.2) is 0 Å². The lowest BCUT2D eigenvalue weighted by molar-refractivity contribution is 0.443. The molecule has 4 N–H and O–H groups in total. The van der Waals surface area contributed by atoms with Crippen molar-refractivity contribution in [3.05, 3.63) is 12.7 Å². The van der Waals surface area contributed by atoms with E-state index < -0.39 is 0 Å². The van der Waals surface area contributed by atoms with Gasteiger partial charge in [0.05, 0.1) is 0 Å². The van der Waals surface area contributed by atoms with E-state index in [0.717, 1.165) is 19.0 Å². The molecule has 1 fully saturated rings. The predicted molar refractivity (Wildman–Crippen MR) is 51.5 cm³/mol. The fourth-order valence-electron chi connectivity index (χ4n) is 1.66. The van der Waals surface area contributed by atoms with Crippen molar-refractivity contribution in [1.29, 1.82) is 0 Å². The highest BCUT2D eigenvalue weighted by molar-refractivity contribution is 4.78. The molecular formula is C9H19N3. The van der Waals surface area contributed by atoms with Crippen molar-refractivity contribution in [3.8, 4) is 0 Å². The number of hydrazine groups is 1. The third-order valence-corrected chi connectivity index (χ3v) is 2.34. The van der Waals surface area contributed by atoms with Crippen LogP contribution in [0.2, 0.25) is 0 Å². The first-order valence-corrected chi connectivity index (χ1v) is 4.65. The van der Waals surface area contributed by atoms with Gasteiger partial charge in [-0.05, 0) is 25.2 Å². The van der Waals surface area contributed by atoms with Crippen LogP contribution in [0.5, 0.6) is 0 Å². The zero-order valence-electron chi connectivity index (χ0n) is 7.55.